The van der Waals surface area contributed by atoms with E-state index in [2.05, 4.69) is 0 Å². The number of rotatable bonds is 3. The summed E-state index contributed by atoms with van der Waals surface area (Å²) in [4.78, 5) is 13.7. The van der Waals surface area contributed by atoms with Crippen LogP contribution in [0.25, 0.3) is 0 Å². The second-order valence-corrected chi connectivity index (χ2v) is 4.41. The Labute approximate surface area is 100 Å². The Hall–Kier alpha value is -1.42. The summed E-state index contributed by atoms with van der Waals surface area (Å²) in [5.41, 5.74) is 7.52. The normalized spacial score (nSPS) is 15.8. The van der Waals surface area contributed by atoms with Gasteiger partial charge in [-0.2, -0.15) is 0 Å². The minimum Gasteiger partial charge on any atom is -0.320 e. The van der Waals surface area contributed by atoms with Crippen molar-refractivity contribution in [2.45, 2.75) is 32.2 Å². The van der Waals surface area contributed by atoms with Crippen LogP contribution in [0.1, 0.15) is 25.3 Å². The van der Waals surface area contributed by atoms with E-state index in [-0.39, 0.29) is 11.7 Å². The van der Waals surface area contributed by atoms with Crippen LogP contribution in [0.5, 0.6) is 0 Å². The van der Waals surface area contributed by atoms with Gasteiger partial charge in [0.25, 0.3) is 0 Å². The number of nitrogens with two attached hydrogens (primary N) is 1. The average Bonchev–Trinajstić information content (AvgIpc) is 2.71. The number of fused-ring (bicyclic) bond motifs is 1. The van der Waals surface area contributed by atoms with Crippen LogP contribution in [0.4, 0.5) is 10.1 Å². The fraction of sp³-hybridized carbons (Fsp3) is 0.462. The second kappa shape index (κ2) is 4.84. The molecule has 0 bridgehead atoms. The number of amides is 1. The van der Waals surface area contributed by atoms with E-state index in [1.807, 2.05) is 6.92 Å². The fourth-order valence-electron chi connectivity index (χ4n) is 2.22. The van der Waals surface area contributed by atoms with Crippen LogP contribution in [-0.4, -0.2) is 18.5 Å². The van der Waals surface area contributed by atoms with Crippen LogP contribution < -0.4 is 10.6 Å². The standard InChI is InChI=1S/C13H17FN2O/c1-2-3-11(15)13(17)16-7-6-9-4-5-10(14)8-12(9)16/h4-5,8,11H,2-3,6-7,15H2,1H3. The zero-order valence-electron chi connectivity index (χ0n) is 9.95. The molecule has 0 aromatic heterocycles. The molecule has 1 heterocycles. The first kappa shape index (κ1) is 12.0. The lowest BCUT2D eigenvalue weighted by Gasteiger charge is -2.21. The molecule has 92 valence electrons. The maximum Gasteiger partial charge on any atom is 0.243 e. The lowest BCUT2D eigenvalue weighted by molar-refractivity contribution is -0.119. The van der Waals surface area contributed by atoms with Crippen molar-refractivity contribution in [3.8, 4) is 0 Å². The monoisotopic (exact) mass is 236 g/mol. The highest BCUT2D eigenvalue weighted by atomic mass is 19.1. The highest BCUT2D eigenvalue weighted by Gasteiger charge is 2.28. The molecule has 4 heteroatoms. The predicted octanol–water partition coefficient (Wildman–Crippen LogP) is 1.84. The van der Waals surface area contributed by atoms with E-state index >= 15 is 0 Å². The summed E-state index contributed by atoms with van der Waals surface area (Å²) in [5, 5.41) is 0. The number of hydrogen-bond acceptors (Lipinski definition) is 2. The molecule has 2 N–H and O–H groups in total. The molecule has 1 unspecified atom stereocenters. The molecule has 1 aliphatic rings. The number of hydrogen-bond donors (Lipinski definition) is 1. The lowest BCUT2D eigenvalue weighted by atomic mass is 10.1. The van der Waals surface area contributed by atoms with Crippen molar-refractivity contribution in [3.05, 3.63) is 29.6 Å². The van der Waals surface area contributed by atoms with Gasteiger partial charge in [0, 0.05) is 12.2 Å². The molecule has 2 rings (SSSR count). The molecule has 0 fully saturated rings. The zero-order valence-corrected chi connectivity index (χ0v) is 9.95. The fourth-order valence-corrected chi connectivity index (χ4v) is 2.22. The maximum absolute atomic E-state index is 13.2. The van der Waals surface area contributed by atoms with Gasteiger partial charge in [0.1, 0.15) is 5.82 Å². The lowest BCUT2D eigenvalue weighted by Crippen LogP contribution is -2.43. The molecule has 1 amide bonds. The third-order valence-electron chi connectivity index (χ3n) is 3.13. The number of carbonyl (C=O) groups excluding carboxylic acids is 1. The van der Waals surface area contributed by atoms with Crippen molar-refractivity contribution in [2.75, 3.05) is 11.4 Å². The summed E-state index contributed by atoms with van der Waals surface area (Å²) in [7, 11) is 0. The molecular formula is C13H17FN2O. The molecule has 1 atom stereocenters. The van der Waals surface area contributed by atoms with E-state index < -0.39 is 6.04 Å². The number of anilines is 1. The molecule has 0 spiro atoms. The summed E-state index contributed by atoms with van der Waals surface area (Å²) in [5.74, 6) is -0.413. The van der Waals surface area contributed by atoms with Gasteiger partial charge in [-0.1, -0.05) is 19.4 Å². The van der Waals surface area contributed by atoms with Gasteiger partial charge in [0.15, 0.2) is 0 Å². The zero-order chi connectivity index (χ0) is 12.4. The quantitative estimate of drug-likeness (QED) is 0.870. The molecular weight excluding hydrogens is 219 g/mol. The third-order valence-corrected chi connectivity index (χ3v) is 3.13. The van der Waals surface area contributed by atoms with Gasteiger partial charge < -0.3 is 10.6 Å². The van der Waals surface area contributed by atoms with E-state index in [1.165, 1.54) is 12.1 Å². The number of nitrogens with zero attached hydrogens (tertiary/aromatic N) is 1. The summed E-state index contributed by atoms with van der Waals surface area (Å²) < 4.78 is 13.2. The summed E-state index contributed by atoms with van der Waals surface area (Å²) in [6.07, 6.45) is 2.32. The first-order valence-electron chi connectivity index (χ1n) is 5.99. The van der Waals surface area contributed by atoms with Crippen molar-refractivity contribution in [1.82, 2.24) is 0 Å². The van der Waals surface area contributed by atoms with Crippen molar-refractivity contribution in [2.24, 2.45) is 5.73 Å². The topological polar surface area (TPSA) is 46.3 Å². The smallest absolute Gasteiger partial charge is 0.243 e. The van der Waals surface area contributed by atoms with Gasteiger partial charge >= 0.3 is 0 Å². The summed E-state index contributed by atoms with van der Waals surface area (Å²) in [6.45, 7) is 2.60. The molecule has 0 aliphatic carbocycles. The molecule has 1 aliphatic heterocycles. The Morgan fingerprint density at radius 1 is 1.59 bits per heavy atom. The van der Waals surface area contributed by atoms with Crippen molar-refractivity contribution >= 4 is 11.6 Å². The van der Waals surface area contributed by atoms with Gasteiger partial charge in [-0.25, -0.2) is 4.39 Å². The Morgan fingerprint density at radius 3 is 3.06 bits per heavy atom. The van der Waals surface area contributed by atoms with E-state index in [1.54, 1.807) is 11.0 Å². The number of carbonyl (C=O) groups is 1. The first-order valence-corrected chi connectivity index (χ1v) is 5.99. The van der Waals surface area contributed by atoms with Gasteiger partial charge in [0.05, 0.1) is 6.04 Å². The SMILES string of the molecule is CCCC(N)C(=O)N1CCc2ccc(F)cc21. The average molecular weight is 236 g/mol. The van der Waals surface area contributed by atoms with Gasteiger partial charge in [0.2, 0.25) is 5.91 Å². The Morgan fingerprint density at radius 2 is 2.35 bits per heavy atom. The van der Waals surface area contributed by atoms with Crippen LogP contribution in [-0.2, 0) is 11.2 Å². The van der Waals surface area contributed by atoms with Gasteiger partial charge in [-0.3, -0.25) is 4.79 Å². The van der Waals surface area contributed by atoms with Gasteiger partial charge in [-0.05, 0) is 30.5 Å². The minimum atomic E-state index is -0.478. The molecule has 0 saturated carbocycles. The van der Waals surface area contributed by atoms with E-state index in [0.717, 1.165) is 18.4 Å². The molecule has 3 nitrogen and oxygen atoms in total. The Kier molecular flexibility index (Phi) is 3.43. The van der Waals surface area contributed by atoms with Crippen LogP contribution >= 0.6 is 0 Å². The minimum absolute atomic E-state index is 0.101. The van der Waals surface area contributed by atoms with E-state index in [9.17, 15) is 9.18 Å². The van der Waals surface area contributed by atoms with Crippen LogP contribution in [0.2, 0.25) is 0 Å². The first-order chi connectivity index (χ1) is 8.13. The highest BCUT2D eigenvalue weighted by Crippen LogP contribution is 2.29. The molecule has 0 radical (unpaired) electrons. The van der Waals surface area contributed by atoms with Crippen molar-refractivity contribution < 1.29 is 9.18 Å². The highest BCUT2D eigenvalue weighted by molar-refractivity contribution is 5.98. The largest absolute Gasteiger partial charge is 0.320 e. The molecule has 0 saturated heterocycles. The second-order valence-electron chi connectivity index (χ2n) is 4.41. The van der Waals surface area contributed by atoms with Crippen LogP contribution in [0, 0.1) is 5.82 Å². The third kappa shape index (κ3) is 2.31. The van der Waals surface area contributed by atoms with Crippen molar-refractivity contribution in [3.63, 3.8) is 0 Å². The van der Waals surface area contributed by atoms with E-state index in [4.69, 9.17) is 5.73 Å². The molecule has 1 aromatic rings. The van der Waals surface area contributed by atoms with Gasteiger partial charge in [-0.15, -0.1) is 0 Å². The summed E-state index contributed by atoms with van der Waals surface area (Å²) in [6, 6.07) is 4.11. The van der Waals surface area contributed by atoms with Crippen molar-refractivity contribution in [1.29, 1.82) is 0 Å². The van der Waals surface area contributed by atoms with Crippen LogP contribution in [0.15, 0.2) is 18.2 Å². The summed E-state index contributed by atoms with van der Waals surface area (Å²) >= 11 is 0. The molecule has 17 heavy (non-hydrogen) atoms. The van der Waals surface area contributed by atoms with E-state index in [0.29, 0.717) is 18.7 Å². The molecule has 1 aromatic carbocycles. The van der Waals surface area contributed by atoms with Crippen LogP contribution in [0.3, 0.4) is 0 Å². The maximum atomic E-state index is 13.2. The number of benzene rings is 1. The predicted molar refractivity (Wildman–Crippen MR) is 65.3 cm³/mol. The number of halogens is 1. The Bertz CT molecular complexity index is 433. The Balaban J connectivity index is 2.21.